The van der Waals surface area contributed by atoms with Crippen LogP contribution >= 0.6 is 11.3 Å². The van der Waals surface area contributed by atoms with Crippen molar-refractivity contribution in [1.29, 1.82) is 0 Å². The van der Waals surface area contributed by atoms with Crippen molar-refractivity contribution < 1.29 is 4.79 Å². The second-order valence-corrected chi connectivity index (χ2v) is 5.02. The van der Waals surface area contributed by atoms with Gasteiger partial charge in [-0.25, -0.2) is 9.67 Å². The van der Waals surface area contributed by atoms with E-state index in [1.54, 1.807) is 35.1 Å². The number of carbonyl (C=O) groups excluding carboxylic acids is 1. The summed E-state index contributed by atoms with van der Waals surface area (Å²) < 4.78 is 1.68. The Morgan fingerprint density at radius 3 is 2.80 bits per heavy atom. The van der Waals surface area contributed by atoms with Crippen molar-refractivity contribution in [3.8, 4) is 5.69 Å². The maximum absolute atomic E-state index is 12.6. The second kappa shape index (κ2) is 5.26. The van der Waals surface area contributed by atoms with Crippen LogP contribution in [0.1, 0.15) is 10.4 Å². The third-order valence-corrected chi connectivity index (χ3v) is 3.74. The molecular weight excluding hydrogens is 272 g/mol. The standard InChI is InChI=1S/C14H12N4OS/c1-17(14-15-8-10-20-14)13(19)11-5-2-3-6-12(11)18-9-4-7-16-18/h2-10H,1H3. The fourth-order valence-corrected chi connectivity index (χ4v) is 2.52. The van der Waals surface area contributed by atoms with Gasteiger partial charge in [-0.15, -0.1) is 11.3 Å². The van der Waals surface area contributed by atoms with Gasteiger partial charge in [0.1, 0.15) is 0 Å². The van der Waals surface area contributed by atoms with E-state index in [4.69, 9.17) is 0 Å². The highest BCUT2D eigenvalue weighted by Crippen LogP contribution is 2.21. The summed E-state index contributed by atoms with van der Waals surface area (Å²) in [6.07, 6.45) is 5.19. The van der Waals surface area contributed by atoms with Crippen molar-refractivity contribution in [2.75, 3.05) is 11.9 Å². The van der Waals surface area contributed by atoms with Crippen molar-refractivity contribution in [2.24, 2.45) is 0 Å². The highest BCUT2D eigenvalue weighted by molar-refractivity contribution is 7.13. The Morgan fingerprint density at radius 2 is 2.10 bits per heavy atom. The first kappa shape index (κ1) is 12.6. The Balaban J connectivity index is 2.00. The molecule has 0 aliphatic carbocycles. The number of carbonyl (C=O) groups is 1. The first-order valence-electron chi connectivity index (χ1n) is 6.04. The van der Waals surface area contributed by atoms with E-state index >= 15 is 0 Å². The zero-order valence-corrected chi connectivity index (χ0v) is 11.6. The van der Waals surface area contributed by atoms with Gasteiger partial charge in [0.05, 0.1) is 11.3 Å². The lowest BCUT2D eigenvalue weighted by Gasteiger charge is -2.16. The number of benzene rings is 1. The third kappa shape index (κ3) is 2.21. The maximum atomic E-state index is 12.6. The number of aromatic nitrogens is 3. The highest BCUT2D eigenvalue weighted by Gasteiger charge is 2.19. The van der Waals surface area contributed by atoms with Crippen LogP contribution < -0.4 is 4.90 Å². The van der Waals surface area contributed by atoms with E-state index in [0.29, 0.717) is 10.7 Å². The van der Waals surface area contributed by atoms with E-state index in [1.165, 1.54) is 11.3 Å². The second-order valence-electron chi connectivity index (χ2n) is 4.15. The molecule has 3 aromatic rings. The fraction of sp³-hybridized carbons (Fsp3) is 0.0714. The minimum absolute atomic E-state index is 0.106. The molecule has 2 heterocycles. The minimum Gasteiger partial charge on any atom is -0.287 e. The molecule has 0 bridgehead atoms. The predicted molar refractivity (Wildman–Crippen MR) is 78.4 cm³/mol. The van der Waals surface area contributed by atoms with Crippen molar-refractivity contribution in [2.45, 2.75) is 0 Å². The van der Waals surface area contributed by atoms with E-state index in [0.717, 1.165) is 5.69 Å². The van der Waals surface area contributed by atoms with Gasteiger partial charge in [-0.3, -0.25) is 9.69 Å². The normalized spacial score (nSPS) is 10.4. The Morgan fingerprint density at radius 1 is 1.25 bits per heavy atom. The van der Waals surface area contributed by atoms with Crippen LogP contribution in [-0.4, -0.2) is 27.7 Å². The Hall–Kier alpha value is -2.47. The molecule has 0 aliphatic rings. The largest absolute Gasteiger partial charge is 0.287 e. The molecule has 0 spiro atoms. The number of rotatable bonds is 3. The molecule has 0 radical (unpaired) electrons. The Labute approximate surface area is 120 Å². The van der Waals surface area contributed by atoms with Crippen molar-refractivity contribution >= 4 is 22.4 Å². The van der Waals surface area contributed by atoms with Gasteiger partial charge >= 0.3 is 0 Å². The number of nitrogens with zero attached hydrogens (tertiary/aromatic N) is 4. The van der Waals surface area contributed by atoms with E-state index in [-0.39, 0.29) is 5.91 Å². The average Bonchev–Trinajstić information content (AvgIpc) is 3.18. The predicted octanol–water partition coefficient (Wildman–Crippen LogP) is 2.61. The smallest absolute Gasteiger partial charge is 0.261 e. The number of hydrogen-bond donors (Lipinski definition) is 0. The summed E-state index contributed by atoms with van der Waals surface area (Å²) >= 11 is 1.43. The first-order chi connectivity index (χ1) is 9.77. The molecule has 3 rings (SSSR count). The lowest BCUT2D eigenvalue weighted by atomic mass is 10.1. The monoisotopic (exact) mass is 284 g/mol. The summed E-state index contributed by atoms with van der Waals surface area (Å²) in [7, 11) is 1.72. The van der Waals surface area contributed by atoms with Crippen LogP contribution in [0.15, 0.2) is 54.3 Å². The first-order valence-corrected chi connectivity index (χ1v) is 6.92. The van der Waals surface area contributed by atoms with E-state index in [9.17, 15) is 4.79 Å². The summed E-state index contributed by atoms with van der Waals surface area (Å²) in [5.74, 6) is -0.106. The molecule has 0 aliphatic heterocycles. The maximum Gasteiger partial charge on any atom is 0.261 e. The summed E-state index contributed by atoms with van der Waals surface area (Å²) in [4.78, 5) is 18.3. The van der Waals surface area contributed by atoms with Crippen LogP contribution in [0.5, 0.6) is 0 Å². The molecule has 0 unspecified atom stereocenters. The zero-order valence-electron chi connectivity index (χ0n) is 10.8. The van der Waals surface area contributed by atoms with Crippen LogP contribution in [0.4, 0.5) is 5.13 Å². The van der Waals surface area contributed by atoms with Gasteiger partial charge in [0.25, 0.3) is 5.91 Å². The molecule has 6 heteroatoms. The molecule has 1 amide bonds. The molecule has 0 N–H and O–H groups in total. The van der Waals surface area contributed by atoms with E-state index < -0.39 is 0 Å². The lowest BCUT2D eigenvalue weighted by Crippen LogP contribution is -2.27. The zero-order chi connectivity index (χ0) is 13.9. The van der Waals surface area contributed by atoms with E-state index in [2.05, 4.69) is 10.1 Å². The number of amides is 1. The summed E-state index contributed by atoms with van der Waals surface area (Å²) in [5, 5.41) is 6.70. The van der Waals surface area contributed by atoms with Crippen LogP contribution in [0, 0.1) is 0 Å². The van der Waals surface area contributed by atoms with Gasteiger partial charge in [-0.2, -0.15) is 5.10 Å². The third-order valence-electron chi connectivity index (χ3n) is 2.90. The van der Waals surface area contributed by atoms with Gasteiger partial charge in [0.15, 0.2) is 5.13 Å². The van der Waals surface area contributed by atoms with Gasteiger partial charge < -0.3 is 0 Å². The SMILES string of the molecule is CN(C(=O)c1ccccc1-n1cccn1)c1nccs1. The number of anilines is 1. The Kier molecular flexibility index (Phi) is 3.30. The summed E-state index contributed by atoms with van der Waals surface area (Å²) in [5.41, 5.74) is 1.35. The van der Waals surface area contributed by atoms with Crippen LogP contribution in [0.2, 0.25) is 0 Å². The molecule has 2 aromatic heterocycles. The molecule has 5 nitrogen and oxygen atoms in total. The molecular formula is C14H12N4OS. The quantitative estimate of drug-likeness (QED) is 0.743. The van der Waals surface area contributed by atoms with Gasteiger partial charge in [-0.1, -0.05) is 12.1 Å². The molecule has 0 atom stereocenters. The van der Waals surface area contributed by atoms with Crippen molar-refractivity contribution in [1.82, 2.24) is 14.8 Å². The molecule has 0 fully saturated rings. The Bertz CT molecular complexity index is 707. The summed E-state index contributed by atoms with van der Waals surface area (Å²) in [6, 6.07) is 9.22. The molecule has 1 aromatic carbocycles. The minimum atomic E-state index is -0.106. The number of thiazole rings is 1. The fourth-order valence-electron chi connectivity index (χ4n) is 1.91. The molecule has 0 saturated heterocycles. The van der Waals surface area contributed by atoms with Crippen LogP contribution in [0.3, 0.4) is 0 Å². The number of hydrogen-bond acceptors (Lipinski definition) is 4. The van der Waals surface area contributed by atoms with Crippen LogP contribution in [-0.2, 0) is 0 Å². The molecule has 0 saturated carbocycles. The molecule has 20 heavy (non-hydrogen) atoms. The lowest BCUT2D eigenvalue weighted by molar-refractivity contribution is 0.0993. The van der Waals surface area contributed by atoms with Crippen molar-refractivity contribution in [3.05, 3.63) is 59.9 Å². The van der Waals surface area contributed by atoms with Crippen LogP contribution in [0.25, 0.3) is 5.69 Å². The van der Waals surface area contributed by atoms with Gasteiger partial charge in [-0.05, 0) is 18.2 Å². The average molecular weight is 284 g/mol. The van der Waals surface area contributed by atoms with E-state index in [1.807, 2.05) is 35.8 Å². The topological polar surface area (TPSA) is 51.0 Å². The van der Waals surface area contributed by atoms with Gasteiger partial charge in [0.2, 0.25) is 0 Å². The number of para-hydroxylation sites is 1. The summed E-state index contributed by atoms with van der Waals surface area (Å²) in [6.45, 7) is 0. The van der Waals surface area contributed by atoms with Crippen molar-refractivity contribution in [3.63, 3.8) is 0 Å². The molecule has 100 valence electrons. The highest BCUT2D eigenvalue weighted by atomic mass is 32.1. The van der Waals surface area contributed by atoms with Gasteiger partial charge in [0, 0.05) is 31.0 Å².